The van der Waals surface area contributed by atoms with Crippen LogP contribution in [0.2, 0.25) is 0 Å². The number of carbonyl (C=O) groups is 2. The number of imide groups is 1. The van der Waals surface area contributed by atoms with Gasteiger partial charge in [-0.05, 0) is 6.07 Å². The fraction of sp³-hybridized carbons (Fsp3) is 0.385. The quantitative estimate of drug-likeness (QED) is 0.820. The molecule has 0 radical (unpaired) electrons. The van der Waals surface area contributed by atoms with Crippen LogP contribution in [0.4, 0.5) is 4.39 Å². The maximum atomic E-state index is 13.5. The molecule has 2 atom stereocenters. The molecule has 0 aromatic heterocycles. The molecule has 4 nitrogen and oxygen atoms in total. The van der Waals surface area contributed by atoms with Crippen LogP contribution in [0.3, 0.4) is 0 Å². The van der Waals surface area contributed by atoms with Crippen LogP contribution in [0.25, 0.3) is 0 Å². The van der Waals surface area contributed by atoms with Crippen LogP contribution in [0.15, 0.2) is 24.3 Å². The van der Waals surface area contributed by atoms with E-state index in [-0.39, 0.29) is 30.7 Å². The largest absolute Gasteiger partial charge is 0.322 e. The van der Waals surface area contributed by atoms with Crippen molar-refractivity contribution < 1.29 is 14.0 Å². The van der Waals surface area contributed by atoms with Crippen molar-refractivity contribution in [3.63, 3.8) is 0 Å². The van der Waals surface area contributed by atoms with E-state index in [0.717, 1.165) is 4.90 Å². The van der Waals surface area contributed by atoms with Crippen LogP contribution in [-0.4, -0.2) is 23.3 Å². The highest BCUT2D eigenvalue weighted by atomic mass is 19.1. The second kappa shape index (κ2) is 4.86. The lowest BCUT2D eigenvalue weighted by molar-refractivity contribution is -0.139. The first-order valence-electron chi connectivity index (χ1n) is 5.85. The van der Waals surface area contributed by atoms with E-state index in [0.29, 0.717) is 5.56 Å². The summed E-state index contributed by atoms with van der Waals surface area (Å²) in [4.78, 5) is 24.5. The summed E-state index contributed by atoms with van der Waals surface area (Å²) in [5.41, 5.74) is 6.18. The highest BCUT2D eigenvalue weighted by Crippen LogP contribution is 2.22. The molecule has 1 aliphatic heterocycles. The Morgan fingerprint density at radius 3 is 2.67 bits per heavy atom. The lowest BCUT2D eigenvalue weighted by atomic mass is 10.1. The van der Waals surface area contributed by atoms with Crippen molar-refractivity contribution in [3.8, 4) is 0 Å². The van der Waals surface area contributed by atoms with Crippen LogP contribution in [0, 0.1) is 11.7 Å². The standard InChI is InChI=1S/C13H15FN2O2/c1-8-6-12(17)16(13(8)18)7-11(15)9-4-2-3-5-10(9)14/h2-5,8,11H,6-7,15H2,1H3. The molecule has 0 aliphatic carbocycles. The number of nitrogens with two attached hydrogens (primary N) is 1. The average Bonchev–Trinajstić information content (AvgIpc) is 2.56. The topological polar surface area (TPSA) is 63.4 Å². The smallest absolute Gasteiger partial charge is 0.232 e. The molecule has 1 heterocycles. The SMILES string of the molecule is CC1CC(=O)N(CC(N)c2ccccc2F)C1=O. The third kappa shape index (κ3) is 2.26. The molecular weight excluding hydrogens is 235 g/mol. The zero-order valence-electron chi connectivity index (χ0n) is 10.1. The Morgan fingerprint density at radius 1 is 1.44 bits per heavy atom. The van der Waals surface area contributed by atoms with Crippen LogP contribution in [0.1, 0.15) is 24.9 Å². The van der Waals surface area contributed by atoms with E-state index in [2.05, 4.69) is 0 Å². The second-order valence-corrected chi connectivity index (χ2v) is 4.58. The van der Waals surface area contributed by atoms with Gasteiger partial charge in [-0.2, -0.15) is 0 Å². The molecule has 2 unspecified atom stereocenters. The van der Waals surface area contributed by atoms with Gasteiger partial charge in [0, 0.05) is 24.4 Å². The van der Waals surface area contributed by atoms with Crippen molar-refractivity contribution in [2.75, 3.05) is 6.54 Å². The summed E-state index contributed by atoms with van der Waals surface area (Å²) >= 11 is 0. The highest BCUT2D eigenvalue weighted by Gasteiger charge is 2.36. The van der Waals surface area contributed by atoms with Gasteiger partial charge in [-0.25, -0.2) is 4.39 Å². The van der Waals surface area contributed by atoms with Gasteiger partial charge in [-0.1, -0.05) is 25.1 Å². The summed E-state index contributed by atoms with van der Waals surface area (Å²) in [5.74, 6) is -1.19. The van der Waals surface area contributed by atoms with Crippen molar-refractivity contribution >= 4 is 11.8 Å². The van der Waals surface area contributed by atoms with Crippen LogP contribution >= 0.6 is 0 Å². The van der Waals surface area contributed by atoms with Gasteiger partial charge in [0.15, 0.2) is 0 Å². The van der Waals surface area contributed by atoms with Gasteiger partial charge in [0.05, 0.1) is 6.04 Å². The van der Waals surface area contributed by atoms with E-state index in [9.17, 15) is 14.0 Å². The lowest BCUT2D eigenvalue weighted by Crippen LogP contribution is -2.37. The summed E-state index contributed by atoms with van der Waals surface area (Å²) in [5, 5.41) is 0. The Balaban J connectivity index is 2.13. The van der Waals surface area contributed by atoms with Crippen molar-refractivity contribution in [2.24, 2.45) is 11.7 Å². The summed E-state index contributed by atoms with van der Waals surface area (Å²) in [7, 11) is 0. The predicted molar refractivity (Wildman–Crippen MR) is 63.8 cm³/mol. The number of benzene rings is 1. The molecule has 5 heteroatoms. The first kappa shape index (κ1) is 12.7. The number of likely N-dealkylation sites (tertiary alicyclic amines) is 1. The minimum absolute atomic E-state index is 0.0307. The average molecular weight is 250 g/mol. The fourth-order valence-corrected chi connectivity index (χ4v) is 2.11. The van der Waals surface area contributed by atoms with Gasteiger partial charge < -0.3 is 5.73 Å². The van der Waals surface area contributed by atoms with E-state index in [1.54, 1.807) is 25.1 Å². The number of hydrogen-bond acceptors (Lipinski definition) is 3. The number of rotatable bonds is 3. The van der Waals surface area contributed by atoms with Crippen molar-refractivity contribution in [1.29, 1.82) is 0 Å². The lowest BCUT2D eigenvalue weighted by Gasteiger charge is -2.20. The Labute approximate surface area is 105 Å². The predicted octanol–water partition coefficient (Wildman–Crippen LogP) is 1.22. The Bertz CT molecular complexity index is 490. The monoisotopic (exact) mass is 250 g/mol. The number of hydrogen-bond donors (Lipinski definition) is 1. The summed E-state index contributed by atoms with van der Waals surface area (Å²) in [6.07, 6.45) is 0.211. The first-order chi connectivity index (χ1) is 8.50. The molecule has 1 fully saturated rings. The van der Waals surface area contributed by atoms with Crippen molar-refractivity contribution in [1.82, 2.24) is 4.90 Å². The number of carbonyl (C=O) groups excluding carboxylic acids is 2. The third-order valence-electron chi connectivity index (χ3n) is 3.15. The van der Waals surface area contributed by atoms with Crippen molar-refractivity contribution in [3.05, 3.63) is 35.6 Å². The molecule has 2 N–H and O–H groups in total. The molecule has 1 aromatic carbocycles. The molecular formula is C13H15FN2O2. The molecule has 0 bridgehead atoms. The molecule has 96 valence electrons. The minimum atomic E-state index is -0.690. The molecule has 1 aromatic rings. The van der Waals surface area contributed by atoms with E-state index >= 15 is 0 Å². The summed E-state index contributed by atoms with van der Waals surface area (Å²) in [6, 6.07) is 5.43. The Hall–Kier alpha value is -1.75. The van der Waals surface area contributed by atoms with Gasteiger partial charge in [0.2, 0.25) is 11.8 Å². The van der Waals surface area contributed by atoms with Gasteiger partial charge in [0.1, 0.15) is 5.82 Å². The fourth-order valence-electron chi connectivity index (χ4n) is 2.11. The zero-order chi connectivity index (χ0) is 13.3. The van der Waals surface area contributed by atoms with E-state index < -0.39 is 11.9 Å². The van der Waals surface area contributed by atoms with Crippen LogP contribution in [-0.2, 0) is 9.59 Å². The van der Waals surface area contributed by atoms with E-state index in [4.69, 9.17) is 5.73 Å². The van der Waals surface area contributed by atoms with Crippen molar-refractivity contribution in [2.45, 2.75) is 19.4 Å². The maximum absolute atomic E-state index is 13.5. The van der Waals surface area contributed by atoms with Gasteiger partial charge in [0.25, 0.3) is 0 Å². The molecule has 1 aliphatic rings. The maximum Gasteiger partial charge on any atom is 0.232 e. The van der Waals surface area contributed by atoms with Crippen LogP contribution < -0.4 is 5.73 Å². The van der Waals surface area contributed by atoms with Gasteiger partial charge in [-0.15, -0.1) is 0 Å². The highest BCUT2D eigenvalue weighted by molar-refractivity contribution is 6.03. The number of halogens is 1. The Kier molecular flexibility index (Phi) is 3.43. The molecule has 2 amide bonds. The summed E-state index contributed by atoms with van der Waals surface area (Å²) in [6.45, 7) is 1.73. The zero-order valence-corrected chi connectivity index (χ0v) is 10.1. The molecule has 1 saturated heterocycles. The Morgan fingerprint density at radius 2 is 2.11 bits per heavy atom. The molecule has 0 spiro atoms. The third-order valence-corrected chi connectivity index (χ3v) is 3.15. The van der Waals surface area contributed by atoms with Gasteiger partial charge >= 0.3 is 0 Å². The number of nitrogens with zero attached hydrogens (tertiary/aromatic N) is 1. The van der Waals surface area contributed by atoms with E-state index in [1.165, 1.54) is 6.07 Å². The second-order valence-electron chi connectivity index (χ2n) is 4.58. The molecule has 18 heavy (non-hydrogen) atoms. The van der Waals surface area contributed by atoms with Gasteiger partial charge in [-0.3, -0.25) is 14.5 Å². The van der Waals surface area contributed by atoms with Crippen LogP contribution in [0.5, 0.6) is 0 Å². The first-order valence-corrected chi connectivity index (χ1v) is 5.85. The number of amides is 2. The van der Waals surface area contributed by atoms with E-state index in [1.807, 2.05) is 0 Å². The minimum Gasteiger partial charge on any atom is -0.322 e. The molecule has 2 rings (SSSR count). The molecule has 0 saturated carbocycles. The normalized spacial score (nSPS) is 21.5. The summed E-state index contributed by atoms with van der Waals surface area (Å²) < 4.78 is 13.5.